The third-order valence-electron chi connectivity index (χ3n) is 2.73. The lowest BCUT2D eigenvalue weighted by atomic mass is 10.1. The van der Waals surface area contributed by atoms with Crippen LogP contribution in [0.5, 0.6) is 0 Å². The van der Waals surface area contributed by atoms with Gasteiger partial charge in [0, 0.05) is 11.4 Å². The monoisotopic (exact) mass is 225 g/mol. The van der Waals surface area contributed by atoms with Gasteiger partial charge in [-0.05, 0) is 43.5 Å². The van der Waals surface area contributed by atoms with Crippen molar-refractivity contribution in [1.82, 2.24) is 0 Å². The molecule has 0 aromatic heterocycles. The Morgan fingerprint density at radius 1 is 1.33 bits per heavy atom. The van der Waals surface area contributed by atoms with Crippen LogP contribution in [0.2, 0.25) is 0 Å². The normalized spacial score (nSPS) is 14.9. The summed E-state index contributed by atoms with van der Waals surface area (Å²) in [5.74, 6) is 0. The molecule has 2 unspecified atom stereocenters. The molecule has 1 aromatic carbocycles. The Labute approximate surface area is 94.3 Å². The number of hydrogen-bond donors (Lipinski definition) is 1. The van der Waals surface area contributed by atoms with Gasteiger partial charge in [0.15, 0.2) is 0 Å². The van der Waals surface area contributed by atoms with Crippen molar-refractivity contribution in [3.8, 4) is 0 Å². The van der Waals surface area contributed by atoms with Crippen LogP contribution in [-0.2, 0) is 10.8 Å². The number of hydrogen-bond acceptors (Lipinski definition) is 2. The third-order valence-corrected chi connectivity index (χ3v) is 4.58. The van der Waals surface area contributed by atoms with E-state index in [1.807, 2.05) is 32.0 Å². The summed E-state index contributed by atoms with van der Waals surface area (Å²) in [4.78, 5) is 0.899. The number of nitrogens with two attached hydrogens (primary N) is 1. The van der Waals surface area contributed by atoms with Crippen molar-refractivity contribution in [3.05, 3.63) is 29.3 Å². The van der Waals surface area contributed by atoms with Crippen molar-refractivity contribution >= 4 is 10.8 Å². The molecule has 0 spiro atoms. The lowest BCUT2D eigenvalue weighted by Gasteiger charge is -2.13. The van der Waals surface area contributed by atoms with Crippen LogP contribution in [0.15, 0.2) is 23.1 Å². The van der Waals surface area contributed by atoms with Crippen LogP contribution in [0.1, 0.15) is 24.5 Å². The van der Waals surface area contributed by atoms with Crippen molar-refractivity contribution in [1.29, 1.82) is 0 Å². The molecule has 0 radical (unpaired) electrons. The SMILES string of the molecule is CCC(CN)S(=O)c1ccc(C)c(C)c1. The van der Waals surface area contributed by atoms with E-state index in [1.54, 1.807) is 0 Å². The summed E-state index contributed by atoms with van der Waals surface area (Å²) in [6, 6.07) is 5.96. The summed E-state index contributed by atoms with van der Waals surface area (Å²) in [7, 11) is -0.965. The maximum Gasteiger partial charge on any atom is 0.0573 e. The van der Waals surface area contributed by atoms with E-state index in [2.05, 4.69) is 6.92 Å². The van der Waals surface area contributed by atoms with E-state index in [1.165, 1.54) is 11.1 Å². The highest BCUT2D eigenvalue weighted by molar-refractivity contribution is 7.85. The summed E-state index contributed by atoms with van der Waals surface area (Å²) >= 11 is 0. The fourth-order valence-corrected chi connectivity index (χ4v) is 2.79. The molecule has 15 heavy (non-hydrogen) atoms. The summed E-state index contributed by atoms with van der Waals surface area (Å²) < 4.78 is 12.1. The molecule has 0 aliphatic heterocycles. The first-order valence-corrected chi connectivity index (χ1v) is 6.49. The second-order valence-electron chi connectivity index (χ2n) is 3.81. The van der Waals surface area contributed by atoms with Crippen LogP contribution >= 0.6 is 0 Å². The molecule has 0 bridgehead atoms. The molecule has 0 saturated heterocycles. The fourth-order valence-electron chi connectivity index (χ4n) is 1.44. The van der Waals surface area contributed by atoms with E-state index in [-0.39, 0.29) is 5.25 Å². The van der Waals surface area contributed by atoms with Gasteiger partial charge in [-0.15, -0.1) is 0 Å². The van der Waals surface area contributed by atoms with Crippen LogP contribution in [0.25, 0.3) is 0 Å². The zero-order valence-corrected chi connectivity index (χ0v) is 10.4. The second kappa shape index (κ2) is 5.42. The molecular formula is C12H19NOS. The van der Waals surface area contributed by atoms with E-state index in [4.69, 9.17) is 5.73 Å². The minimum absolute atomic E-state index is 0.0760. The molecule has 0 saturated carbocycles. The Morgan fingerprint density at radius 3 is 2.47 bits per heavy atom. The van der Waals surface area contributed by atoms with E-state index < -0.39 is 10.8 Å². The van der Waals surface area contributed by atoms with E-state index in [9.17, 15) is 4.21 Å². The number of rotatable bonds is 4. The highest BCUT2D eigenvalue weighted by atomic mass is 32.2. The Hall–Kier alpha value is -0.670. The first kappa shape index (κ1) is 12.4. The van der Waals surface area contributed by atoms with Gasteiger partial charge in [0.1, 0.15) is 0 Å². The van der Waals surface area contributed by atoms with E-state index in [0.717, 1.165) is 11.3 Å². The number of aryl methyl sites for hydroxylation is 2. The largest absolute Gasteiger partial charge is 0.329 e. The average molecular weight is 225 g/mol. The molecule has 84 valence electrons. The maximum atomic E-state index is 12.1. The van der Waals surface area contributed by atoms with Gasteiger partial charge in [-0.3, -0.25) is 4.21 Å². The van der Waals surface area contributed by atoms with E-state index in [0.29, 0.717) is 6.54 Å². The summed E-state index contributed by atoms with van der Waals surface area (Å²) in [5, 5.41) is 0.0760. The molecule has 1 rings (SSSR count). The zero-order chi connectivity index (χ0) is 11.4. The predicted molar refractivity (Wildman–Crippen MR) is 65.5 cm³/mol. The Morgan fingerprint density at radius 2 is 2.00 bits per heavy atom. The maximum absolute atomic E-state index is 12.1. The molecule has 0 fully saturated rings. The van der Waals surface area contributed by atoms with Crippen LogP contribution < -0.4 is 5.73 Å². The molecule has 2 N–H and O–H groups in total. The van der Waals surface area contributed by atoms with Crippen molar-refractivity contribution < 1.29 is 4.21 Å². The summed E-state index contributed by atoms with van der Waals surface area (Å²) in [6.07, 6.45) is 0.857. The van der Waals surface area contributed by atoms with Crippen LogP contribution in [0, 0.1) is 13.8 Å². The second-order valence-corrected chi connectivity index (χ2v) is 5.54. The van der Waals surface area contributed by atoms with Crippen LogP contribution in [-0.4, -0.2) is 16.0 Å². The van der Waals surface area contributed by atoms with Gasteiger partial charge in [-0.2, -0.15) is 0 Å². The van der Waals surface area contributed by atoms with Gasteiger partial charge < -0.3 is 5.73 Å². The smallest absolute Gasteiger partial charge is 0.0573 e. The van der Waals surface area contributed by atoms with Crippen molar-refractivity contribution in [2.75, 3.05) is 6.54 Å². The molecule has 2 atom stereocenters. The van der Waals surface area contributed by atoms with Crippen LogP contribution in [0.4, 0.5) is 0 Å². The molecule has 1 aromatic rings. The summed E-state index contributed by atoms with van der Waals surface area (Å²) in [5.41, 5.74) is 8.02. The lowest BCUT2D eigenvalue weighted by molar-refractivity contribution is 0.664. The number of benzene rings is 1. The first-order valence-electron chi connectivity index (χ1n) is 5.28. The van der Waals surface area contributed by atoms with Gasteiger partial charge in [0.05, 0.1) is 16.0 Å². The first-order chi connectivity index (χ1) is 7.10. The molecule has 3 heteroatoms. The Kier molecular flexibility index (Phi) is 4.48. The average Bonchev–Trinajstić information content (AvgIpc) is 2.23. The van der Waals surface area contributed by atoms with Gasteiger partial charge >= 0.3 is 0 Å². The topological polar surface area (TPSA) is 43.1 Å². The Bertz CT molecular complexity index is 359. The molecular weight excluding hydrogens is 206 g/mol. The predicted octanol–water partition coefficient (Wildman–Crippen LogP) is 2.15. The van der Waals surface area contributed by atoms with Gasteiger partial charge in [-0.25, -0.2) is 0 Å². The molecule has 2 nitrogen and oxygen atoms in total. The molecule has 0 amide bonds. The van der Waals surface area contributed by atoms with E-state index >= 15 is 0 Å². The van der Waals surface area contributed by atoms with Crippen molar-refractivity contribution in [3.63, 3.8) is 0 Å². The molecule has 0 heterocycles. The minimum atomic E-state index is -0.965. The van der Waals surface area contributed by atoms with Crippen molar-refractivity contribution in [2.24, 2.45) is 5.73 Å². The fraction of sp³-hybridized carbons (Fsp3) is 0.500. The highest BCUT2D eigenvalue weighted by Crippen LogP contribution is 2.17. The third kappa shape index (κ3) is 2.89. The molecule has 0 aliphatic rings. The van der Waals surface area contributed by atoms with Crippen LogP contribution in [0.3, 0.4) is 0 Å². The lowest BCUT2D eigenvalue weighted by Crippen LogP contribution is -2.24. The van der Waals surface area contributed by atoms with Gasteiger partial charge in [-0.1, -0.05) is 13.0 Å². The van der Waals surface area contributed by atoms with Gasteiger partial charge in [0.2, 0.25) is 0 Å². The minimum Gasteiger partial charge on any atom is -0.329 e. The van der Waals surface area contributed by atoms with Gasteiger partial charge in [0.25, 0.3) is 0 Å². The zero-order valence-electron chi connectivity index (χ0n) is 9.62. The quantitative estimate of drug-likeness (QED) is 0.853. The Balaban J connectivity index is 2.96. The standard InChI is InChI=1S/C12H19NOS/c1-4-11(8-13)15(14)12-6-5-9(2)10(3)7-12/h5-7,11H,4,8,13H2,1-3H3. The van der Waals surface area contributed by atoms with Crippen molar-refractivity contribution in [2.45, 2.75) is 37.3 Å². The summed E-state index contributed by atoms with van der Waals surface area (Å²) in [6.45, 7) is 6.61. The molecule has 0 aliphatic carbocycles. The highest BCUT2D eigenvalue weighted by Gasteiger charge is 2.14.